The number of carbonyl (C=O) groups is 1. The Morgan fingerprint density at radius 2 is 1.69 bits per heavy atom. The molecule has 0 saturated heterocycles. The molecule has 1 saturated carbocycles. The lowest BCUT2D eigenvalue weighted by atomic mass is 9.63. The van der Waals surface area contributed by atoms with Crippen molar-refractivity contribution in [2.75, 3.05) is 0 Å². The van der Waals surface area contributed by atoms with Crippen LogP contribution in [0.1, 0.15) is 53.9 Å². The molecule has 0 bridgehead atoms. The molecule has 0 aromatic carbocycles. The number of hydrogen-bond acceptors (Lipinski definition) is 2. The number of hydrogen-bond donors (Lipinski definition) is 2. The van der Waals surface area contributed by atoms with Gasteiger partial charge in [-0.05, 0) is 37.0 Å². The van der Waals surface area contributed by atoms with E-state index < -0.39 is 12.0 Å². The molecule has 0 aliphatic heterocycles. The summed E-state index contributed by atoms with van der Waals surface area (Å²) in [5.41, 5.74) is 0.606. The summed E-state index contributed by atoms with van der Waals surface area (Å²) >= 11 is 0. The highest BCUT2D eigenvalue weighted by Gasteiger charge is 2.38. The lowest BCUT2D eigenvalue weighted by Crippen LogP contribution is -2.48. The average Bonchev–Trinajstić information content (AvgIpc) is 1.96. The summed E-state index contributed by atoms with van der Waals surface area (Å²) < 4.78 is 0. The molecule has 1 aliphatic rings. The summed E-state index contributed by atoms with van der Waals surface area (Å²) in [6.07, 6.45) is 3.34. The molecule has 0 aromatic heterocycles. The summed E-state index contributed by atoms with van der Waals surface area (Å²) in [7, 11) is 0. The van der Waals surface area contributed by atoms with Crippen LogP contribution in [0.4, 0.5) is 0 Å². The van der Waals surface area contributed by atoms with Crippen LogP contribution in [0.15, 0.2) is 0 Å². The summed E-state index contributed by atoms with van der Waals surface area (Å²) in [4.78, 5) is 10.8. The van der Waals surface area contributed by atoms with Crippen molar-refractivity contribution >= 4 is 5.97 Å². The van der Waals surface area contributed by atoms with E-state index in [1.165, 1.54) is 6.42 Å². The van der Waals surface area contributed by atoms with E-state index in [4.69, 9.17) is 5.11 Å². The Bertz CT molecular complexity index is 255. The highest BCUT2D eigenvalue weighted by atomic mass is 16.4. The van der Waals surface area contributed by atoms with Crippen LogP contribution >= 0.6 is 0 Å². The molecule has 1 unspecified atom stereocenters. The average molecular weight is 227 g/mol. The molecule has 3 nitrogen and oxygen atoms in total. The van der Waals surface area contributed by atoms with Crippen molar-refractivity contribution in [2.45, 2.75) is 66.0 Å². The maximum atomic E-state index is 10.8. The van der Waals surface area contributed by atoms with Crippen LogP contribution in [-0.4, -0.2) is 23.2 Å². The zero-order chi connectivity index (χ0) is 12.6. The first-order chi connectivity index (χ1) is 7.11. The van der Waals surface area contributed by atoms with Crippen molar-refractivity contribution in [3.63, 3.8) is 0 Å². The Labute approximate surface area is 98.6 Å². The van der Waals surface area contributed by atoms with E-state index in [0.717, 1.165) is 12.8 Å². The molecule has 1 rings (SSSR count). The fourth-order valence-corrected chi connectivity index (χ4v) is 3.39. The molecule has 3 heteroatoms. The van der Waals surface area contributed by atoms with Gasteiger partial charge in [0.25, 0.3) is 0 Å². The Morgan fingerprint density at radius 1 is 1.25 bits per heavy atom. The Morgan fingerprint density at radius 3 is 2.06 bits per heavy atom. The smallest absolute Gasteiger partial charge is 0.320 e. The first kappa shape index (κ1) is 13.5. The highest BCUT2D eigenvalue weighted by Crippen LogP contribution is 2.45. The standard InChI is InChI=1S/C13H25NO2/c1-9(11(15)16)14-10-6-12(2,3)8-13(4,5)7-10/h9-10,14H,6-8H2,1-5H3,(H,15,16). The summed E-state index contributed by atoms with van der Waals surface area (Å²) in [6, 6.07) is -0.125. The van der Waals surface area contributed by atoms with Crippen molar-refractivity contribution in [1.82, 2.24) is 5.32 Å². The van der Waals surface area contributed by atoms with Crippen molar-refractivity contribution in [2.24, 2.45) is 10.8 Å². The van der Waals surface area contributed by atoms with Crippen LogP contribution in [0.2, 0.25) is 0 Å². The van der Waals surface area contributed by atoms with E-state index in [1.54, 1.807) is 6.92 Å². The van der Waals surface area contributed by atoms with Gasteiger partial charge in [0, 0.05) is 6.04 Å². The van der Waals surface area contributed by atoms with Crippen molar-refractivity contribution in [3.8, 4) is 0 Å². The van der Waals surface area contributed by atoms with Gasteiger partial charge in [-0.25, -0.2) is 0 Å². The Hall–Kier alpha value is -0.570. The van der Waals surface area contributed by atoms with Crippen LogP contribution < -0.4 is 5.32 Å². The minimum absolute atomic E-state index is 0.303. The largest absolute Gasteiger partial charge is 0.480 e. The number of rotatable bonds is 3. The Kier molecular flexibility index (Phi) is 3.68. The van der Waals surface area contributed by atoms with E-state index in [2.05, 4.69) is 33.0 Å². The molecule has 0 spiro atoms. The molecule has 0 radical (unpaired) electrons. The molecule has 0 aromatic rings. The normalized spacial score (nSPS) is 26.3. The molecule has 1 aliphatic carbocycles. The zero-order valence-corrected chi connectivity index (χ0v) is 11.1. The predicted octanol–water partition coefficient (Wildman–Crippen LogP) is 2.65. The lowest BCUT2D eigenvalue weighted by Gasteiger charge is -2.45. The first-order valence-electron chi connectivity index (χ1n) is 6.10. The van der Waals surface area contributed by atoms with Gasteiger partial charge in [0.05, 0.1) is 0 Å². The second kappa shape index (κ2) is 4.36. The van der Waals surface area contributed by atoms with Gasteiger partial charge in [0.1, 0.15) is 6.04 Å². The topological polar surface area (TPSA) is 49.3 Å². The lowest BCUT2D eigenvalue weighted by molar-refractivity contribution is -0.139. The van der Waals surface area contributed by atoms with Gasteiger partial charge in [-0.3, -0.25) is 4.79 Å². The van der Waals surface area contributed by atoms with Crippen molar-refractivity contribution < 1.29 is 9.90 Å². The molecule has 1 fully saturated rings. The molecule has 2 N–H and O–H groups in total. The van der Waals surface area contributed by atoms with E-state index in [9.17, 15) is 4.79 Å². The molecular formula is C13H25NO2. The van der Waals surface area contributed by atoms with Crippen molar-refractivity contribution in [1.29, 1.82) is 0 Å². The minimum atomic E-state index is -0.763. The molecular weight excluding hydrogens is 202 g/mol. The fraction of sp³-hybridized carbons (Fsp3) is 0.923. The highest BCUT2D eigenvalue weighted by molar-refractivity contribution is 5.72. The van der Waals surface area contributed by atoms with Gasteiger partial charge in [-0.1, -0.05) is 27.7 Å². The van der Waals surface area contributed by atoms with E-state index in [-0.39, 0.29) is 0 Å². The van der Waals surface area contributed by atoms with Gasteiger partial charge in [0.2, 0.25) is 0 Å². The third-order valence-electron chi connectivity index (χ3n) is 3.41. The minimum Gasteiger partial charge on any atom is -0.480 e. The third-order valence-corrected chi connectivity index (χ3v) is 3.41. The van der Waals surface area contributed by atoms with Gasteiger partial charge in [0.15, 0.2) is 0 Å². The number of carboxylic acid groups (broad SMARTS) is 1. The van der Waals surface area contributed by atoms with E-state index in [0.29, 0.717) is 16.9 Å². The summed E-state index contributed by atoms with van der Waals surface area (Å²) in [5.74, 6) is -0.763. The molecule has 1 atom stereocenters. The van der Waals surface area contributed by atoms with Gasteiger partial charge < -0.3 is 10.4 Å². The third kappa shape index (κ3) is 3.78. The molecule has 94 valence electrons. The monoisotopic (exact) mass is 227 g/mol. The first-order valence-corrected chi connectivity index (χ1v) is 6.10. The van der Waals surface area contributed by atoms with E-state index in [1.807, 2.05) is 0 Å². The summed E-state index contributed by atoms with van der Waals surface area (Å²) in [6.45, 7) is 10.8. The van der Waals surface area contributed by atoms with Crippen LogP contribution in [-0.2, 0) is 4.79 Å². The molecule has 0 amide bonds. The van der Waals surface area contributed by atoms with Crippen LogP contribution in [0.5, 0.6) is 0 Å². The van der Waals surface area contributed by atoms with Gasteiger partial charge >= 0.3 is 5.97 Å². The number of nitrogens with one attached hydrogen (secondary N) is 1. The van der Waals surface area contributed by atoms with Crippen molar-refractivity contribution in [3.05, 3.63) is 0 Å². The summed E-state index contributed by atoms with van der Waals surface area (Å²) in [5, 5.41) is 12.1. The maximum absolute atomic E-state index is 10.8. The number of aliphatic carboxylic acids is 1. The number of carboxylic acids is 1. The quantitative estimate of drug-likeness (QED) is 0.779. The second-order valence-corrected chi connectivity index (χ2v) is 6.84. The molecule has 0 heterocycles. The van der Waals surface area contributed by atoms with Crippen LogP contribution in [0.25, 0.3) is 0 Å². The predicted molar refractivity (Wildman–Crippen MR) is 65.4 cm³/mol. The zero-order valence-electron chi connectivity index (χ0n) is 11.1. The molecule has 16 heavy (non-hydrogen) atoms. The van der Waals surface area contributed by atoms with Crippen LogP contribution in [0, 0.1) is 10.8 Å². The second-order valence-electron chi connectivity index (χ2n) is 6.84. The van der Waals surface area contributed by atoms with Gasteiger partial charge in [-0.2, -0.15) is 0 Å². The van der Waals surface area contributed by atoms with E-state index >= 15 is 0 Å². The SMILES string of the molecule is CC(NC1CC(C)(C)CC(C)(C)C1)C(=O)O. The Balaban J connectivity index is 2.64. The maximum Gasteiger partial charge on any atom is 0.320 e. The van der Waals surface area contributed by atoms with Crippen LogP contribution in [0.3, 0.4) is 0 Å². The van der Waals surface area contributed by atoms with Gasteiger partial charge in [-0.15, -0.1) is 0 Å². The fourth-order valence-electron chi connectivity index (χ4n) is 3.39.